The lowest BCUT2D eigenvalue weighted by atomic mass is 9.99. The Morgan fingerprint density at radius 3 is 2.42 bits per heavy atom. The van der Waals surface area contributed by atoms with Crippen LogP contribution in [0, 0.1) is 11.6 Å². The van der Waals surface area contributed by atoms with Gasteiger partial charge in [0.25, 0.3) is 0 Å². The monoisotopic (exact) mass is 532 g/mol. The van der Waals surface area contributed by atoms with Crippen LogP contribution in [0.3, 0.4) is 0 Å². The molecule has 0 saturated carbocycles. The van der Waals surface area contributed by atoms with E-state index in [0.717, 1.165) is 37.3 Å². The third-order valence-corrected chi connectivity index (χ3v) is 6.93. The number of ether oxygens (including phenoxy) is 2. The highest BCUT2D eigenvalue weighted by molar-refractivity contribution is 5.76. The Kier molecular flexibility index (Phi) is 12.1. The van der Waals surface area contributed by atoms with Crippen molar-refractivity contribution in [1.29, 1.82) is 0 Å². The van der Waals surface area contributed by atoms with Crippen LogP contribution in [0.1, 0.15) is 69.1 Å². The summed E-state index contributed by atoms with van der Waals surface area (Å²) in [5.74, 6) is -2.42. The summed E-state index contributed by atoms with van der Waals surface area (Å²) in [5.41, 5.74) is 2.68. The Bertz CT molecular complexity index is 993. The number of benzene rings is 2. The summed E-state index contributed by atoms with van der Waals surface area (Å²) in [4.78, 5) is 13.0. The van der Waals surface area contributed by atoms with Gasteiger partial charge in [-0.05, 0) is 54.5 Å². The van der Waals surface area contributed by atoms with Gasteiger partial charge in [-0.3, -0.25) is 4.79 Å². The molecule has 1 heterocycles. The van der Waals surface area contributed by atoms with Crippen LogP contribution in [0.4, 0.5) is 8.78 Å². The normalized spacial score (nSPS) is 16.7. The molecule has 210 valence electrons. The maximum absolute atomic E-state index is 13.8. The number of aliphatic hydroxyl groups is 1. The van der Waals surface area contributed by atoms with Gasteiger partial charge in [0.15, 0.2) is 5.79 Å². The molecule has 38 heavy (non-hydrogen) atoms. The lowest BCUT2D eigenvalue weighted by Crippen LogP contribution is -2.49. The second kappa shape index (κ2) is 15.3. The van der Waals surface area contributed by atoms with Gasteiger partial charge in [0, 0.05) is 38.4 Å². The van der Waals surface area contributed by atoms with Crippen molar-refractivity contribution in [1.82, 2.24) is 10.6 Å². The number of nitrogens with one attached hydrogen (secondary N) is 2. The molecule has 0 unspecified atom stereocenters. The molecule has 6 nitrogen and oxygen atoms in total. The smallest absolute Gasteiger partial charge is 0.220 e. The minimum absolute atomic E-state index is 0.0859. The van der Waals surface area contributed by atoms with Crippen molar-refractivity contribution >= 4 is 5.91 Å². The van der Waals surface area contributed by atoms with Crippen LogP contribution in [0.25, 0.3) is 0 Å². The van der Waals surface area contributed by atoms with Crippen LogP contribution in [-0.4, -0.2) is 48.7 Å². The number of hydrogen-bond donors (Lipinski definition) is 3. The summed E-state index contributed by atoms with van der Waals surface area (Å²) in [6.07, 6.45) is 4.08. The number of carbonyl (C=O) groups excluding carboxylic acids is 1. The molecule has 1 aliphatic rings. The first-order chi connectivity index (χ1) is 18.3. The van der Waals surface area contributed by atoms with E-state index >= 15 is 0 Å². The van der Waals surface area contributed by atoms with Crippen LogP contribution in [0.5, 0.6) is 0 Å². The zero-order chi connectivity index (χ0) is 27.4. The molecule has 3 rings (SSSR count). The number of unbranched alkanes of at least 4 members (excludes halogenated alkanes) is 1. The van der Waals surface area contributed by atoms with Gasteiger partial charge in [0.05, 0.1) is 25.4 Å². The molecular formula is C30H42F2N2O4. The minimum Gasteiger partial charge on any atom is -0.390 e. The van der Waals surface area contributed by atoms with Crippen molar-refractivity contribution in [3.8, 4) is 0 Å². The fourth-order valence-electron chi connectivity index (χ4n) is 4.79. The van der Waals surface area contributed by atoms with Gasteiger partial charge < -0.3 is 25.2 Å². The summed E-state index contributed by atoms with van der Waals surface area (Å²) in [7, 11) is 0. The maximum Gasteiger partial charge on any atom is 0.220 e. The van der Waals surface area contributed by atoms with Gasteiger partial charge in [-0.2, -0.15) is 0 Å². The lowest BCUT2D eigenvalue weighted by molar-refractivity contribution is -0.273. The largest absolute Gasteiger partial charge is 0.390 e. The molecular weight excluding hydrogens is 490 g/mol. The number of aryl methyl sites for hydroxylation is 1. The number of carbonyl (C=O) groups is 1. The topological polar surface area (TPSA) is 79.8 Å². The summed E-state index contributed by atoms with van der Waals surface area (Å²) in [5, 5.41) is 17.1. The summed E-state index contributed by atoms with van der Waals surface area (Å²) < 4.78 is 39.6. The van der Waals surface area contributed by atoms with E-state index in [-0.39, 0.29) is 25.3 Å². The van der Waals surface area contributed by atoms with Gasteiger partial charge in [0.2, 0.25) is 5.91 Å². The Balaban J connectivity index is 1.63. The maximum atomic E-state index is 13.8. The molecule has 1 amide bonds. The number of rotatable bonds is 15. The second-order valence-corrected chi connectivity index (χ2v) is 10.1. The van der Waals surface area contributed by atoms with Crippen molar-refractivity contribution in [2.75, 3.05) is 19.8 Å². The van der Waals surface area contributed by atoms with E-state index in [1.54, 1.807) is 0 Å². The van der Waals surface area contributed by atoms with E-state index in [1.165, 1.54) is 17.7 Å². The molecule has 2 aromatic rings. The van der Waals surface area contributed by atoms with Crippen LogP contribution < -0.4 is 10.6 Å². The van der Waals surface area contributed by atoms with Crippen LogP contribution in [-0.2, 0) is 33.7 Å². The molecule has 2 aromatic carbocycles. The first-order valence-corrected chi connectivity index (χ1v) is 13.8. The highest BCUT2D eigenvalue weighted by atomic mass is 19.1. The van der Waals surface area contributed by atoms with Crippen molar-refractivity contribution in [2.24, 2.45) is 0 Å². The van der Waals surface area contributed by atoms with Crippen LogP contribution >= 0.6 is 0 Å². The van der Waals surface area contributed by atoms with E-state index in [2.05, 4.69) is 36.6 Å². The summed E-state index contributed by atoms with van der Waals surface area (Å²) in [6.45, 7) is 6.14. The summed E-state index contributed by atoms with van der Waals surface area (Å²) >= 11 is 0. The highest BCUT2D eigenvalue weighted by Crippen LogP contribution is 2.30. The quantitative estimate of drug-likeness (QED) is 0.307. The standard InChI is InChI=1S/C30H42F2N2O4/c1-3-5-11-30(37-13-7-14-38-30)12-10-29(36)34-27(18-24-16-25(31)19-26(32)17-24)28(35)21-33-20-23-9-6-8-22(4-2)15-23/h6,8-9,15-17,19,27-28,33,35H,3-5,7,10-14,18,20-21H2,1-2H3,(H,34,36)/t27-,28+/m0/s1. The van der Waals surface area contributed by atoms with Gasteiger partial charge in [-0.1, -0.05) is 44.5 Å². The average molecular weight is 533 g/mol. The van der Waals surface area contributed by atoms with Gasteiger partial charge in [-0.25, -0.2) is 8.78 Å². The number of hydrogen-bond acceptors (Lipinski definition) is 5. The zero-order valence-electron chi connectivity index (χ0n) is 22.6. The van der Waals surface area contributed by atoms with Crippen molar-refractivity contribution in [3.05, 3.63) is 70.8 Å². The summed E-state index contributed by atoms with van der Waals surface area (Å²) in [6, 6.07) is 10.7. The highest BCUT2D eigenvalue weighted by Gasteiger charge is 2.34. The van der Waals surface area contributed by atoms with E-state index in [0.29, 0.717) is 38.2 Å². The average Bonchev–Trinajstić information content (AvgIpc) is 2.90. The Hall–Kier alpha value is -2.39. The molecule has 0 radical (unpaired) electrons. The fraction of sp³-hybridized carbons (Fsp3) is 0.567. The van der Waals surface area contributed by atoms with Crippen LogP contribution in [0.2, 0.25) is 0 Å². The van der Waals surface area contributed by atoms with E-state index < -0.39 is 29.6 Å². The Labute approximate surface area is 225 Å². The predicted octanol–water partition coefficient (Wildman–Crippen LogP) is 4.81. The lowest BCUT2D eigenvalue weighted by Gasteiger charge is -2.37. The molecule has 1 saturated heterocycles. The van der Waals surface area contributed by atoms with Crippen molar-refractivity contribution < 1.29 is 28.2 Å². The minimum atomic E-state index is -0.976. The number of aliphatic hydroxyl groups excluding tert-OH is 1. The number of halogens is 2. The molecule has 0 aliphatic carbocycles. The SMILES string of the molecule is CCCCC1(CCC(=O)N[C@@H](Cc2cc(F)cc(F)c2)[C@H](O)CNCc2cccc(CC)c2)OCCCO1. The molecule has 0 aromatic heterocycles. The molecule has 8 heteroatoms. The molecule has 1 aliphatic heterocycles. The Morgan fingerprint density at radius 2 is 1.74 bits per heavy atom. The van der Waals surface area contributed by atoms with E-state index in [1.807, 2.05) is 12.1 Å². The van der Waals surface area contributed by atoms with Gasteiger partial charge >= 0.3 is 0 Å². The second-order valence-electron chi connectivity index (χ2n) is 10.1. The van der Waals surface area contributed by atoms with Gasteiger partial charge in [-0.15, -0.1) is 0 Å². The zero-order valence-corrected chi connectivity index (χ0v) is 22.6. The van der Waals surface area contributed by atoms with Gasteiger partial charge in [0.1, 0.15) is 11.6 Å². The molecule has 1 fully saturated rings. The molecule has 3 N–H and O–H groups in total. The fourth-order valence-corrected chi connectivity index (χ4v) is 4.79. The predicted molar refractivity (Wildman–Crippen MR) is 144 cm³/mol. The van der Waals surface area contributed by atoms with Crippen LogP contribution in [0.15, 0.2) is 42.5 Å². The van der Waals surface area contributed by atoms with E-state index in [4.69, 9.17) is 9.47 Å². The first kappa shape index (κ1) is 30.2. The van der Waals surface area contributed by atoms with Crippen molar-refractivity contribution in [3.63, 3.8) is 0 Å². The third-order valence-electron chi connectivity index (χ3n) is 6.93. The first-order valence-electron chi connectivity index (χ1n) is 13.8. The molecule has 2 atom stereocenters. The molecule has 0 spiro atoms. The Morgan fingerprint density at radius 1 is 1.03 bits per heavy atom. The van der Waals surface area contributed by atoms with E-state index in [9.17, 15) is 18.7 Å². The third kappa shape index (κ3) is 9.73. The number of amides is 1. The van der Waals surface area contributed by atoms with Crippen molar-refractivity contribution in [2.45, 2.75) is 89.7 Å². The molecule has 0 bridgehead atoms.